The average Bonchev–Trinajstić information content (AvgIpc) is 2.95. The number of anilines is 1. The van der Waals surface area contributed by atoms with Gasteiger partial charge in [-0.25, -0.2) is 8.78 Å². The molecule has 1 saturated heterocycles. The molecule has 1 fully saturated rings. The standard InChI is InChI=1S/C22H24F2N2O/c1-14-11-25(13-16-6-4-3-5-7-16)12-15(2)21(14)26-19(27)10-17-8-9-18(23)20(24)22(17)26/h3-9,14-15,21H,10-13H2,1-2H3. The van der Waals surface area contributed by atoms with E-state index in [1.165, 1.54) is 11.6 Å². The number of nitrogens with zero attached hydrogens (tertiary/aromatic N) is 2. The van der Waals surface area contributed by atoms with Gasteiger partial charge in [-0.3, -0.25) is 9.69 Å². The van der Waals surface area contributed by atoms with Gasteiger partial charge < -0.3 is 4.90 Å². The summed E-state index contributed by atoms with van der Waals surface area (Å²) < 4.78 is 28.3. The number of carbonyl (C=O) groups excluding carboxylic acids is 1. The minimum Gasteiger partial charge on any atom is -0.305 e. The van der Waals surface area contributed by atoms with Crippen LogP contribution >= 0.6 is 0 Å². The third kappa shape index (κ3) is 3.25. The Morgan fingerprint density at radius 3 is 2.33 bits per heavy atom. The van der Waals surface area contributed by atoms with Crippen LogP contribution in [0.15, 0.2) is 42.5 Å². The largest absolute Gasteiger partial charge is 0.305 e. The molecule has 0 aromatic heterocycles. The number of fused-ring (bicyclic) bond motifs is 1. The molecule has 2 aliphatic rings. The van der Waals surface area contributed by atoms with Crippen LogP contribution in [0.1, 0.15) is 25.0 Å². The van der Waals surface area contributed by atoms with Crippen molar-refractivity contribution in [1.82, 2.24) is 4.90 Å². The Labute approximate surface area is 158 Å². The summed E-state index contributed by atoms with van der Waals surface area (Å²) in [6, 6.07) is 12.8. The molecule has 0 radical (unpaired) electrons. The zero-order chi connectivity index (χ0) is 19.1. The van der Waals surface area contributed by atoms with Crippen molar-refractivity contribution < 1.29 is 13.6 Å². The maximum absolute atomic E-state index is 14.5. The number of halogens is 2. The van der Waals surface area contributed by atoms with Gasteiger partial charge in [0.2, 0.25) is 5.91 Å². The van der Waals surface area contributed by atoms with Gasteiger partial charge >= 0.3 is 0 Å². The zero-order valence-corrected chi connectivity index (χ0v) is 15.7. The van der Waals surface area contributed by atoms with Crippen molar-refractivity contribution in [2.24, 2.45) is 11.8 Å². The molecule has 5 heteroatoms. The van der Waals surface area contributed by atoms with Crippen LogP contribution in [0.3, 0.4) is 0 Å². The molecule has 3 nitrogen and oxygen atoms in total. The predicted octanol–water partition coefficient (Wildman–Crippen LogP) is 4.01. The van der Waals surface area contributed by atoms with Gasteiger partial charge in [-0.15, -0.1) is 0 Å². The Balaban J connectivity index is 1.58. The number of amides is 1. The van der Waals surface area contributed by atoms with Crippen molar-refractivity contribution in [3.8, 4) is 0 Å². The molecule has 4 rings (SSSR count). The summed E-state index contributed by atoms with van der Waals surface area (Å²) in [6.45, 7) is 6.69. The van der Waals surface area contributed by atoms with Crippen LogP contribution in [-0.4, -0.2) is 29.9 Å². The molecule has 2 unspecified atom stereocenters. The second kappa shape index (κ2) is 7.04. The van der Waals surface area contributed by atoms with Crippen LogP contribution in [0, 0.1) is 23.5 Å². The first kappa shape index (κ1) is 18.1. The number of piperidine rings is 1. The Kier molecular flexibility index (Phi) is 4.72. The molecule has 1 amide bonds. The minimum absolute atomic E-state index is 0.123. The third-order valence-corrected chi connectivity index (χ3v) is 5.81. The molecular weight excluding hydrogens is 346 g/mol. The first-order valence-corrected chi connectivity index (χ1v) is 9.51. The highest BCUT2D eigenvalue weighted by atomic mass is 19.2. The molecule has 2 heterocycles. The van der Waals surface area contributed by atoms with Crippen molar-refractivity contribution in [2.75, 3.05) is 18.0 Å². The highest BCUT2D eigenvalue weighted by Gasteiger charge is 2.43. The van der Waals surface area contributed by atoms with E-state index in [-0.39, 0.29) is 35.9 Å². The number of hydrogen-bond acceptors (Lipinski definition) is 2. The zero-order valence-electron chi connectivity index (χ0n) is 15.7. The molecular formula is C22H24F2N2O. The van der Waals surface area contributed by atoms with Crippen molar-refractivity contribution in [3.05, 3.63) is 65.2 Å². The van der Waals surface area contributed by atoms with Crippen molar-refractivity contribution in [2.45, 2.75) is 32.9 Å². The first-order valence-electron chi connectivity index (χ1n) is 9.51. The molecule has 0 N–H and O–H groups in total. The first-order chi connectivity index (χ1) is 13.0. The van der Waals surface area contributed by atoms with E-state index < -0.39 is 11.6 Å². The lowest BCUT2D eigenvalue weighted by Gasteiger charge is -2.45. The fourth-order valence-electron chi connectivity index (χ4n) is 4.82. The van der Waals surface area contributed by atoms with Gasteiger partial charge in [0.15, 0.2) is 11.6 Å². The lowest BCUT2D eigenvalue weighted by atomic mass is 9.84. The number of hydrogen-bond donors (Lipinski definition) is 0. The average molecular weight is 370 g/mol. The minimum atomic E-state index is -0.899. The molecule has 2 aromatic rings. The van der Waals surface area contributed by atoms with Crippen LogP contribution in [-0.2, 0) is 17.8 Å². The Morgan fingerprint density at radius 1 is 1.00 bits per heavy atom. The van der Waals surface area contributed by atoms with E-state index in [1.807, 2.05) is 18.2 Å². The molecule has 27 heavy (non-hydrogen) atoms. The van der Waals surface area contributed by atoms with E-state index in [1.54, 1.807) is 4.90 Å². The smallest absolute Gasteiger partial charge is 0.231 e. The van der Waals surface area contributed by atoms with Crippen LogP contribution in [0.2, 0.25) is 0 Å². The highest BCUT2D eigenvalue weighted by molar-refractivity contribution is 6.02. The van der Waals surface area contributed by atoms with Gasteiger partial charge in [0.1, 0.15) is 0 Å². The Hall–Kier alpha value is -2.27. The van der Waals surface area contributed by atoms with Gasteiger partial charge in [0.05, 0.1) is 12.1 Å². The van der Waals surface area contributed by atoms with Gasteiger partial charge in [-0.1, -0.05) is 50.2 Å². The maximum atomic E-state index is 14.5. The summed E-state index contributed by atoms with van der Waals surface area (Å²) in [4.78, 5) is 16.6. The van der Waals surface area contributed by atoms with Crippen molar-refractivity contribution in [1.29, 1.82) is 0 Å². The lowest BCUT2D eigenvalue weighted by Crippen LogP contribution is -2.56. The summed E-state index contributed by atoms with van der Waals surface area (Å²) >= 11 is 0. The SMILES string of the molecule is CC1CN(Cc2ccccc2)CC(C)C1N1C(=O)Cc2ccc(F)c(F)c21. The Bertz CT molecular complexity index is 843. The summed E-state index contributed by atoms with van der Waals surface area (Å²) in [7, 11) is 0. The molecule has 2 aromatic carbocycles. The molecule has 0 bridgehead atoms. The quantitative estimate of drug-likeness (QED) is 0.815. The fourth-order valence-corrected chi connectivity index (χ4v) is 4.82. The molecule has 2 aliphatic heterocycles. The van der Waals surface area contributed by atoms with E-state index in [0.717, 1.165) is 25.7 Å². The summed E-state index contributed by atoms with van der Waals surface area (Å²) in [5.74, 6) is -1.60. The Morgan fingerprint density at radius 2 is 1.67 bits per heavy atom. The summed E-state index contributed by atoms with van der Waals surface area (Å²) in [5, 5.41) is 0. The van der Waals surface area contributed by atoms with Crippen LogP contribution < -0.4 is 4.90 Å². The second-order valence-electron chi connectivity index (χ2n) is 7.93. The van der Waals surface area contributed by atoms with E-state index in [0.29, 0.717) is 5.56 Å². The van der Waals surface area contributed by atoms with Gasteiger partial charge in [-0.2, -0.15) is 0 Å². The van der Waals surface area contributed by atoms with E-state index in [2.05, 4.69) is 30.9 Å². The third-order valence-electron chi connectivity index (χ3n) is 5.81. The normalized spacial score (nSPS) is 25.7. The molecule has 142 valence electrons. The number of carbonyl (C=O) groups is 1. The van der Waals surface area contributed by atoms with Crippen LogP contribution in [0.25, 0.3) is 0 Å². The molecule has 2 atom stereocenters. The molecule has 0 saturated carbocycles. The topological polar surface area (TPSA) is 23.6 Å². The summed E-state index contributed by atoms with van der Waals surface area (Å²) in [5.41, 5.74) is 2.00. The van der Waals surface area contributed by atoms with E-state index >= 15 is 0 Å². The summed E-state index contributed by atoms with van der Waals surface area (Å²) in [6.07, 6.45) is 0.149. The van der Waals surface area contributed by atoms with E-state index in [4.69, 9.17) is 0 Å². The number of likely N-dealkylation sites (tertiary alicyclic amines) is 1. The number of rotatable bonds is 3. The van der Waals surface area contributed by atoms with Gasteiger partial charge in [0, 0.05) is 25.7 Å². The van der Waals surface area contributed by atoms with Crippen molar-refractivity contribution in [3.63, 3.8) is 0 Å². The molecule has 0 aliphatic carbocycles. The highest BCUT2D eigenvalue weighted by Crippen LogP contribution is 2.39. The van der Waals surface area contributed by atoms with E-state index in [9.17, 15) is 13.6 Å². The lowest BCUT2D eigenvalue weighted by molar-refractivity contribution is -0.118. The van der Waals surface area contributed by atoms with Crippen LogP contribution in [0.4, 0.5) is 14.5 Å². The predicted molar refractivity (Wildman–Crippen MR) is 101 cm³/mol. The monoisotopic (exact) mass is 370 g/mol. The van der Waals surface area contributed by atoms with Gasteiger partial charge in [-0.05, 0) is 29.0 Å². The molecule has 0 spiro atoms. The fraction of sp³-hybridized carbons (Fsp3) is 0.409. The second-order valence-corrected chi connectivity index (χ2v) is 7.93. The number of benzene rings is 2. The van der Waals surface area contributed by atoms with Crippen molar-refractivity contribution >= 4 is 11.6 Å². The maximum Gasteiger partial charge on any atom is 0.231 e. The van der Waals surface area contributed by atoms with Gasteiger partial charge in [0.25, 0.3) is 0 Å². The van der Waals surface area contributed by atoms with Crippen LogP contribution in [0.5, 0.6) is 0 Å².